The van der Waals surface area contributed by atoms with Crippen LogP contribution in [0.2, 0.25) is 25.7 Å². The molecule has 2 heteroatoms. The van der Waals surface area contributed by atoms with Crippen molar-refractivity contribution < 1.29 is 0 Å². The molecule has 0 aromatic carbocycles. The first kappa shape index (κ1) is 9.31. The van der Waals surface area contributed by atoms with Crippen LogP contribution < -0.4 is 0 Å². The monoisotopic (exact) mass is 160 g/mol. The van der Waals surface area contributed by atoms with Gasteiger partial charge in [-0.3, -0.25) is 0 Å². The van der Waals surface area contributed by atoms with Crippen LogP contribution in [-0.2, 0) is 0 Å². The Morgan fingerprint density at radius 2 is 2.00 bits per heavy atom. The Kier molecular flexibility index (Phi) is 4.32. The molecule has 54 valence electrons. The molecule has 0 rings (SSSR count). The Hall–Kier alpha value is 0.307. The van der Waals surface area contributed by atoms with E-state index in [-0.39, 0.29) is 0 Å². The minimum Gasteiger partial charge on any atom is -0.135 e. The number of thioether (sulfide) groups is 1. The van der Waals surface area contributed by atoms with Gasteiger partial charge in [-0.15, -0.1) is 11.8 Å². The standard InChI is InChI=1S/C7H16SSi/c1-5-8-6-7-9(2,3)4/h5H,1,6-7H2,2-4H3. The summed E-state index contributed by atoms with van der Waals surface area (Å²) in [6, 6.07) is 1.41. The van der Waals surface area contributed by atoms with Crippen LogP contribution in [-0.4, -0.2) is 13.8 Å². The van der Waals surface area contributed by atoms with Gasteiger partial charge in [-0.05, 0) is 17.2 Å². The van der Waals surface area contributed by atoms with Crippen LogP contribution in [0.3, 0.4) is 0 Å². The van der Waals surface area contributed by atoms with E-state index in [0.29, 0.717) is 0 Å². The first-order valence-corrected chi connectivity index (χ1v) is 8.04. The van der Waals surface area contributed by atoms with Gasteiger partial charge in [0.1, 0.15) is 0 Å². The maximum Gasteiger partial charge on any atom is 0.0450 e. The molecule has 0 amide bonds. The van der Waals surface area contributed by atoms with Crippen LogP contribution in [0.4, 0.5) is 0 Å². The lowest BCUT2D eigenvalue weighted by Crippen LogP contribution is -2.19. The minimum absolute atomic E-state index is 0.763. The Labute approximate surface area is 63.7 Å². The average Bonchev–Trinajstić information content (AvgIpc) is 1.63. The van der Waals surface area contributed by atoms with Crippen molar-refractivity contribution >= 4 is 19.8 Å². The SMILES string of the molecule is C=CSCC[Si](C)(C)C. The van der Waals surface area contributed by atoms with Gasteiger partial charge in [0.25, 0.3) is 0 Å². The molecule has 0 aromatic heterocycles. The molecule has 0 nitrogen and oxygen atoms in total. The normalized spacial score (nSPS) is 11.4. The van der Waals surface area contributed by atoms with Crippen molar-refractivity contribution in [2.24, 2.45) is 0 Å². The predicted molar refractivity (Wildman–Crippen MR) is 50.8 cm³/mol. The number of hydrogen-bond donors (Lipinski definition) is 0. The lowest BCUT2D eigenvalue weighted by Gasteiger charge is -2.13. The zero-order valence-corrected chi connectivity index (χ0v) is 8.42. The predicted octanol–water partition coefficient (Wildman–Crippen LogP) is 3.20. The molecule has 0 heterocycles. The van der Waals surface area contributed by atoms with Crippen molar-refractivity contribution in [2.45, 2.75) is 25.7 Å². The highest BCUT2D eigenvalue weighted by Gasteiger charge is 2.10. The van der Waals surface area contributed by atoms with Crippen LogP contribution in [0.1, 0.15) is 0 Å². The smallest absolute Gasteiger partial charge is 0.0450 e. The topological polar surface area (TPSA) is 0 Å². The fraction of sp³-hybridized carbons (Fsp3) is 0.714. The van der Waals surface area contributed by atoms with Gasteiger partial charge in [0.15, 0.2) is 0 Å². The molecule has 0 bridgehead atoms. The fourth-order valence-corrected chi connectivity index (χ4v) is 3.54. The Bertz CT molecular complexity index is 83.4. The van der Waals surface area contributed by atoms with Gasteiger partial charge in [0.2, 0.25) is 0 Å². The third kappa shape index (κ3) is 8.31. The third-order valence-electron chi connectivity index (χ3n) is 1.09. The molecule has 9 heavy (non-hydrogen) atoms. The molecule has 0 aliphatic carbocycles. The molecular formula is C7H16SSi. The first-order chi connectivity index (χ1) is 4.06. The van der Waals surface area contributed by atoms with E-state index in [1.165, 1.54) is 11.8 Å². The van der Waals surface area contributed by atoms with Crippen LogP contribution in [0, 0.1) is 0 Å². The molecule has 0 saturated carbocycles. The van der Waals surface area contributed by atoms with Crippen molar-refractivity contribution in [1.29, 1.82) is 0 Å². The highest BCUT2D eigenvalue weighted by molar-refractivity contribution is 8.02. The van der Waals surface area contributed by atoms with E-state index in [9.17, 15) is 0 Å². The summed E-state index contributed by atoms with van der Waals surface area (Å²) in [5.41, 5.74) is 0. The Balaban J connectivity index is 3.17. The molecule has 0 aliphatic heterocycles. The van der Waals surface area contributed by atoms with Crippen molar-refractivity contribution in [3.8, 4) is 0 Å². The molecule has 0 fully saturated rings. The Morgan fingerprint density at radius 3 is 2.33 bits per heavy atom. The molecule has 0 aromatic rings. The van der Waals surface area contributed by atoms with Gasteiger partial charge in [-0.1, -0.05) is 26.2 Å². The van der Waals surface area contributed by atoms with E-state index in [4.69, 9.17) is 0 Å². The van der Waals surface area contributed by atoms with Crippen LogP contribution in [0.15, 0.2) is 12.0 Å². The van der Waals surface area contributed by atoms with Crippen molar-refractivity contribution in [1.82, 2.24) is 0 Å². The van der Waals surface area contributed by atoms with Crippen LogP contribution in [0.25, 0.3) is 0 Å². The molecular weight excluding hydrogens is 144 g/mol. The summed E-state index contributed by atoms with van der Waals surface area (Å²) in [5, 5.41) is 1.93. The van der Waals surface area contributed by atoms with Crippen molar-refractivity contribution in [3.05, 3.63) is 12.0 Å². The summed E-state index contributed by atoms with van der Waals surface area (Å²) < 4.78 is 0. The molecule has 0 aliphatic rings. The van der Waals surface area contributed by atoms with Crippen LogP contribution in [0.5, 0.6) is 0 Å². The minimum atomic E-state index is -0.763. The van der Waals surface area contributed by atoms with Gasteiger partial charge in [0, 0.05) is 8.07 Å². The fourth-order valence-electron chi connectivity index (χ4n) is 0.448. The zero-order valence-electron chi connectivity index (χ0n) is 6.61. The number of hydrogen-bond acceptors (Lipinski definition) is 1. The molecule has 0 N–H and O–H groups in total. The van der Waals surface area contributed by atoms with E-state index < -0.39 is 8.07 Å². The van der Waals surface area contributed by atoms with Crippen molar-refractivity contribution in [3.63, 3.8) is 0 Å². The molecule has 0 radical (unpaired) electrons. The highest BCUT2D eigenvalue weighted by Crippen LogP contribution is 2.13. The first-order valence-electron chi connectivity index (χ1n) is 3.29. The van der Waals surface area contributed by atoms with E-state index >= 15 is 0 Å². The second kappa shape index (κ2) is 4.17. The summed E-state index contributed by atoms with van der Waals surface area (Å²) in [4.78, 5) is 0. The summed E-state index contributed by atoms with van der Waals surface area (Å²) in [6.07, 6.45) is 0. The van der Waals surface area contributed by atoms with Crippen LogP contribution >= 0.6 is 11.8 Å². The molecule has 0 spiro atoms. The largest absolute Gasteiger partial charge is 0.135 e. The molecule has 0 unspecified atom stereocenters. The average molecular weight is 160 g/mol. The van der Waals surface area contributed by atoms with Gasteiger partial charge in [-0.2, -0.15) is 0 Å². The maximum absolute atomic E-state index is 3.66. The van der Waals surface area contributed by atoms with Crippen molar-refractivity contribution in [2.75, 3.05) is 5.75 Å². The summed E-state index contributed by atoms with van der Waals surface area (Å²) in [7, 11) is -0.763. The maximum atomic E-state index is 3.66. The summed E-state index contributed by atoms with van der Waals surface area (Å²) in [6.45, 7) is 10.9. The molecule has 0 atom stereocenters. The summed E-state index contributed by atoms with van der Waals surface area (Å²) >= 11 is 1.83. The van der Waals surface area contributed by atoms with E-state index in [1.807, 2.05) is 17.2 Å². The third-order valence-corrected chi connectivity index (χ3v) is 3.88. The van der Waals surface area contributed by atoms with Gasteiger partial charge >= 0.3 is 0 Å². The van der Waals surface area contributed by atoms with E-state index in [0.717, 1.165) is 0 Å². The highest BCUT2D eigenvalue weighted by atomic mass is 32.2. The van der Waals surface area contributed by atoms with Gasteiger partial charge < -0.3 is 0 Å². The second-order valence-corrected chi connectivity index (χ2v) is 10.0. The second-order valence-electron chi connectivity index (χ2n) is 3.35. The number of rotatable bonds is 4. The van der Waals surface area contributed by atoms with E-state index in [1.54, 1.807) is 0 Å². The van der Waals surface area contributed by atoms with Gasteiger partial charge in [-0.25, -0.2) is 0 Å². The zero-order chi connectivity index (χ0) is 7.33. The van der Waals surface area contributed by atoms with Gasteiger partial charge in [0.05, 0.1) is 0 Å². The molecule has 0 saturated heterocycles. The summed E-state index contributed by atoms with van der Waals surface area (Å²) in [5.74, 6) is 1.26. The quantitative estimate of drug-likeness (QED) is 0.449. The van der Waals surface area contributed by atoms with E-state index in [2.05, 4.69) is 26.2 Å². The lowest BCUT2D eigenvalue weighted by molar-refractivity contribution is 1.38. The Morgan fingerprint density at radius 1 is 1.44 bits per heavy atom. The lowest BCUT2D eigenvalue weighted by atomic mass is 11.0.